The van der Waals surface area contributed by atoms with Crippen molar-refractivity contribution < 1.29 is 15.0 Å². The topological polar surface area (TPSA) is 73.3 Å². The van der Waals surface area contributed by atoms with Crippen LogP contribution >= 0.6 is 0 Å². The Morgan fingerprint density at radius 3 is 2.44 bits per heavy atom. The lowest BCUT2D eigenvalue weighted by atomic mass is 10.1. The van der Waals surface area contributed by atoms with E-state index in [4.69, 9.17) is 10.2 Å². The van der Waals surface area contributed by atoms with Crippen LogP contribution < -0.4 is 0 Å². The van der Waals surface area contributed by atoms with Gasteiger partial charge in [0.05, 0.1) is 0 Å². The minimum atomic E-state index is -0.961. The molecule has 0 aliphatic rings. The van der Waals surface area contributed by atoms with Crippen LogP contribution in [0.2, 0.25) is 0 Å². The van der Waals surface area contributed by atoms with Crippen LogP contribution in [-0.4, -0.2) is 21.2 Å². The molecule has 0 radical (unpaired) electrons. The monoisotopic (exact) mass is 217 g/mol. The molecule has 16 heavy (non-hydrogen) atoms. The molecular formula is C12H11NO3. The molecule has 0 spiro atoms. The summed E-state index contributed by atoms with van der Waals surface area (Å²) in [7, 11) is 0. The maximum absolute atomic E-state index is 10.6. The highest BCUT2D eigenvalue weighted by Gasteiger charge is 2.06. The van der Waals surface area contributed by atoms with E-state index >= 15 is 0 Å². The Morgan fingerprint density at radius 1 is 1.19 bits per heavy atom. The molecule has 3 N–H and O–H groups in total. The number of carboxylic acids is 1. The van der Waals surface area contributed by atoms with Crippen LogP contribution in [-0.2, 0) is 6.42 Å². The normalized spacial score (nSPS) is 10.2. The summed E-state index contributed by atoms with van der Waals surface area (Å²) in [4.78, 5) is 13.3. The van der Waals surface area contributed by atoms with E-state index < -0.39 is 5.97 Å². The van der Waals surface area contributed by atoms with Crippen molar-refractivity contribution >= 4 is 5.97 Å². The minimum absolute atomic E-state index is 0.189. The molecule has 2 aromatic rings. The average molecular weight is 217 g/mol. The molecule has 0 atom stereocenters. The molecular weight excluding hydrogens is 206 g/mol. The van der Waals surface area contributed by atoms with Crippen LogP contribution in [0, 0.1) is 0 Å². The van der Waals surface area contributed by atoms with E-state index in [2.05, 4.69) is 4.98 Å². The standard InChI is InChI=1S/C12H11NO3/c14-10-3-1-8(2-4-10)5-9-6-11(12(15)16)13-7-9/h1-4,6-7,13-14H,5H2,(H,15,16). The van der Waals surface area contributed by atoms with Crippen LogP contribution in [0.15, 0.2) is 36.5 Å². The van der Waals surface area contributed by atoms with Gasteiger partial charge in [-0.05, 0) is 35.7 Å². The number of aromatic carboxylic acids is 1. The third-order valence-electron chi connectivity index (χ3n) is 2.32. The SMILES string of the molecule is O=C(O)c1cc(Cc2ccc(O)cc2)c[nH]1. The summed E-state index contributed by atoms with van der Waals surface area (Å²) in [5.74, 6) is -0.735. The largest absolute Gasteiger partial charge is 0.508 e. The van der Waals surface area contributed by atoms with E-state index in [-0.39, 0.29) is 11.4 Å². The molecule has 0 saturated heterocycles. The first kappa shape index (κ1) is 10.3. The second-order valence-corrected chi connectivity index (χ2v) is 3.57. The number of nitrogens with one attached hydrogen (secondary N) is 1. The van der Waals surface area contributed by atoms with Crippen LogP contribution in [0.1, 0.15) is 21.6 Å². The fraction of sp³-hybridized carbons (Fsp3) is 0.0833. The number of hydrogen-bond acceptors (Lipinski definition) is 2. The van der Waals surface area contributed by atoms with Gasteiger partial charge in [-0.3, -0.25) is 0 Å². The molecule has 0 fully saturated rings. The first-order valence-corrected chi connectivity index (χ1v) is 4.83. The highest BCUT2D eigenvalue weighted by molar-refractivity contribution is 5.85. The third-order valence-corrected chi connectivity index (χ3v) is 2.32. The number of aromatic hydroxyl groups is 1. The highest BCUT2D eigenvalue weighted by Crippen LogP contribution is 2.14. The summed E-state index contributed by atoms with van der Waals surface area (Å²) in [6, 6.07) is 8.45. The number of phenolic OH excluding ortho intramolecular Hbond substituents is 1. The number of benzene rings is 1. The Kier molecular flexibility index (Phi) is 2.64. The van der Waals surface area contributed by atoms with Gasteiger partial charge in [0.1, 0.15) is 11.4 Å². The van der Waals surface area contributed by atoms with E-state index in [0.717, 1.165) is 11.1 Å². The lowest BCUT2D eigenvalue weighted by Gasteiger charge is -1.98. The zero-order chi connectivity index (χ0) is 11.5. The summed E-state index contributed by atoms with van der Waals surface area (Å²) in [5.41, 5.74) is 2.12. The predicted molar refractivity (Wildman–Crippen MR) is 58.7 cm³/mol. The number of hydrogen-bond donors (Lipinski definition) is 3. The molecule has 1 heterocycles. The lowest BCUT2D eigenvalue weighted by molar-refractivity contribution is 0.0691. The van der Waals surface area contributed by atoms with E-state index in [1.165, 1.54) is 0 Å². The summed E-state index contributed by atoms with van der Waals surface area (Å²) in [6.07, 6.45) is 2.32. The first-order chi connectivity index (χ1) is 7.65. The maximum atomic E-state index is 10.6. The molecule has 0 aliphatic carbocycles. The van der Waals surface area contributed by atoms with Crippen molar-refractivity contribution in [1.82, 2.24) is 4.98 Å². The first-order valence-electron chi connectivity index (χ1n) is 4.83. The Morgan fingerprint density at radius 2 is 1.88 bits per heavy atom. The molecule has 1 aromatic carbocycles. The number of aromatic amines is 1. The molecule has 4 nitrogen and oxygen atoms in total. The highest BCUT2D eigenvalue weighted by atomic mass is 16.4. The van der Waals surface area contributed by atoms with Gasteiger partial charge in [0, 0.05) is 6.20 Å². The van der Waals surface area contributed by atoms with E-state index in [1.54, 1.807) is 24.4 Å². The molecule has 82 valence electrons. The van der Waals surface area contributed by atoms with Crippen molar-refractivity contribution in [3.63, 3.8) is 0 Å². The van der Waals surface area contributed by atoms with Gasteiger partial charge >= 0.3 is 5.97 Å². The maximum Gasteiger partial charge on any atom is 0.352 e. The quantitative estimate of drug-likeness (QED) is 0.736. The number of carboxylic acid groups (broad SMARTS) is 1. The zero-order valence-electron chi connectivity index (χ0n) is 8.47. The number of rotatable bonds is 3. The zero-order valence-corrected chi connectivity index (χ0v) is 8.47. The fourth-order valence-corrected chi connectivity index (χ4v) is 1.51. The van der Waals surface area contributed by atoms with E-state index in [1.807, 2.05) is 12.1 Å². The second kappa shape index (κ2) is 4.10. The summed E-state index contributed by atoms with van der Waals surface area (Å²) in [6.45, 7) is 0. The average Bonchev–Trinajstić information content (AvgIpc) is 2.70. The van der Waals surface area contributed by atoms with Crippen molar-refractivity contribution in [2.45, 2.75) is 6.42 Å². The van der Waals surface area contributed by atoms with Crippen molar-refractivity contribution in [2.75, 3.05) is 0 Å². The van der Waals surface area contributed by atoms with Gasteiger partial charge < -0.3 is 15.2 Å². The summed E-state index contributed by atoms with van der Waals surface area (Å²) >= 11 is 0. The Hall–Kier alpha value is -2.23. The Bertz CT molecular complexity index is 499. The lowest BCUT2D eigenvalue weighted by Crippen LogP contribution is -1.94. The second-order valence-electron chi connectivity index (χ2n) is 3.57. The van der Waals surface area contributed by atoms with Gasteiger partial charge in [-0.25, -0.2) is 4.79 Å². The van der Waals surface area contributed by atoms with Crippen molar-refractivity contribution in [3.8, 4) is 5.75 Å². The summed E-state index contributed by atoms with van der Waals surface area (Å²) in [5, 5.41) is 17.9. The van der Waals surface area contributed by atoms with Gasteiger partial charge in [-0.2, -0.15) is 0 Å². The van der Waals surface area contributed by atoms with E-state index in [0.29, 0.717) is 6.42 Å². The molecule has 0 unspecified atom stereocenters. The molecule has 1 aromatic heterocycles. The minimum Gasteiger partial charge on any atom is -0.508 e. The predicted octanol–water partition coefficient (Wildman–Crippen LogP) is 2.01. The van der Waals surface area contributed by atoms with Crippen molar-refractivity contribution in [1.29, 1.82) is 0 Å². The van der Waals surface area contributed by atoms with Crippen LogP contribution in [0.25, 0.3) is 0 Å². The molecule has 0 saturated carbocycles. The van der Waals surface area contributed by atoms with Crippen LogP contribution in [0.4, 0.5) is 0 Å². The molecule has 0 amide bonds. The number of carbonyl (C=O) groups is 1. The van der Waals surface area contributed by atoms with Gasteiger partial charge in [0.25, 0.3) is 0 Å². The molecule has 4 heteroatoms. The van der Waals surface area contributed by atoms with Crippen molar-refractivity contribution in [3.05, 3.63) is 53.3 Å². The Balaban J connectivity index is 2.14. The number of H-pyrrole nitrogens is 1. The van der Waals surface area contributed by atoms with Gasteiger partial charge in [-0.15, -0.1) is 0 Å². The van der Waals surface area contributed by atoms with Crippen molar-refractivity contribution in [2.24, 2.45) is 0 Å². The molecule has 0 aliphatic heterocycles. The number of aromatic nitrogens is 1. The van der Waals surface area contributed by atoms with Crippen LogP contribution in [0.3, 0.4) is 0 Å². The van der Waals surface area contributed by atoms with Gasteiger partial charge in [0.15, 0.2) is 0 Å². The fourth-order valence-electron chi connectivity index (χ4n) is 1.51. The molecule has 0 bridgehead atoms. The van der Waals surface area contributed by atoms with Gasteiger partial charge in [0.2, 0.25) is 0 Å². The Labute approximate surface area is 92.2 Å². The summed E-state index contributed by atoms with van der Waals surface area (Å²) < 4.78 is 0. The van der Waals surface area contributed by atoms with Crippen LogP contribution in [0.5, 0.6) is 5.75 Å². The molecule has 2 rings (SSSR count). The van der Waals surface area contributed by atoms with E-state index in [9.17, 15) is 4.79 Å². The third kappa shape index (κ3) is 2.23. The smallest absolute Gasteiger partial charge is 0.352 e. The van der Waals surface area contributed by atoms with Gasteiger partial charge in [-0.1, -0.05) is 12.1 Å². The number of phenols is 1.